The molecule has 0 bridgehead atoms. The van der Waals surface area contributed by atoms with Gasteiger partial charge in [-0.1, -0.05) is 6.07 Å². The van der Waals surface area contributed by atoms with Gasteiger partial charge in [0.2, 0.25) is 0 Å². The maximum atomic E-state index is 14.6. The fraction of sp³-hybridized carbons (Fsp3) is 0.320. The van der Waals surface area contributed by atoms with E-state index >= 15 is 0 Å². The third-order valence-electron chi connectivity index (χ3n) is 6.27. The van der Waals surface area contributed by atoms with Crippen LogP contribution >= 0.6 is 0 Å². The number of hydrogen-bond acceptors (Lipinski definition) is 7. The Morgan fingerprint density at radius 2 is 2.09 bits per heavy atom. The third kappa shape index (κ3) is 3.96. The SMILES string of the molecule is COc1cc(/C=C2\OCCN3C2NOC3(C)c2ccc(F)cc2F)ccc1N1C=C(C)N=CC1. The van der Waals surface area contributed by atoms with Crippen LogP contribution in [0.3, 0.4) is 0 Å². The Morgan fingerprint density at radius 1 is 1.24 bits per heavy atom. The highest BCUT2D eigenvalue weighted by molar-refractivity contribution is 5.74. The average Bonchev–Trinajstić information content (AvgIpc) is 3.17. The van der Waals surface area contributed by atoms with Gasteiger partial charge in [0.25, 0.3) is 0 Å². The number of nitrogens with zero attached hydrogens (tertiary/aromatic N) is 3. The van der Waals surface area contributed by atoms with Gasteiger partial charge in [-0.2, -0.15) is 5.48 Å². The standard InChI is InChI=1S/C25H26F2N4O3/c1-16-15-30(9-8-28-16)21-7-4-17(12-22(21)32-3)13-23-24-29-34-25(2,31(24)10-11-33-23)19-6-5-18(26)14-20(19)27/h4-8,12-15,24,29H,9-11H2,1-3H3/b23-13-. The minimum atomic E-state index is -1.12. The second-order valence-electron chi connectivity index (χ2n) is 8.48. The van der Waals surface area contributed by atoms with Crippen LogP contribution in [0.1, 0.15) is 25.0 Å². The van der Waals surface area contributed by atoms with Crippen LogP contribution in [0.4, 0.5) is 14.5 Å². The summed E-state index contributed by atoms with van der Waals surface area (Å²) >= 11 is 0. The first-order valence-corrected chi connectivity index (χ1v) is 11.0. The molecule has 3 aliphatic rings. The Balaban J connectivity index is 1.43. The van der Waals surface area contributed by atoms with Gasteiger partial charge in [-0.05, 0) is 49.8 Å². The fourth-order valence-electron chi connectivity index (χ4n) is 4.57. The van der Waals surface area contributed by atoms with Crippen LogP contribution in [0.2, 0.25) is 0 Å². The van der Waals surface area contributed by atoms with Crippen molar-refractivity contribution in [3.63, 3.8) is 0 Å². The average molecular weight is 469 g/mol. The number of aliphatic imine (C=N–C) groups is 1. The van der Waals surface area contributed by atoms with Crippen molar-refractivity contribution < 1.29 is 23.1 Å². The van der Waals surface area contributed by atoms with Crippen LogP contribution in [0.5, 0.6) is 5.75 Å². The molecule has 2 fully saturated rings. The van der Waals surface area contributed by atoms with Gasteiger partial charge in [-0.15, -0.1) is 0 Å². The summed E-state index contributed by atoms with van der Waals surface area (Å²) in [6.07, 6.45) is 5.32. The van der Waals surface area contributed by atoms with Gasteiger partial charge in [-0.3, -0.25) is 9.83 Å². The number of nitrogens with one attached hydrogen (secondary N) is 1. The van der Waals surface area contributed by atoms with Gasteiger partial charge in [-0.25, -0.2) is 13.7 Å². The molecule has 0 amide bonds. The molecule has 0 saturated carbocycles. The van der Waals surface area contributed by atoms with E-state index in [1.54, 1.807) is 14.0 Å². The Labute approximate surface area is 196 Å². The molecule has 5 rings (SSSR count). The summed E-state index contributed by atoms with van der Waals surface area (Å²) in [5, 5.41) is 0. The molecule has 3 aliphatic heterocycles. The molecule has 9 heteroatoms. The summed E-state index contributed by atoms with van der Waals surface area (Å²) in [7, 11) is 1.64. The zero-order valence-corrected chi connectivity index (χ0v) is 19.2. The molecule has 1 N–H and O–H groups in total. The first kappa shape index (κ1) is 22.5. The number of morpholine rings is 1. The lowest BCUT2D eigenvalue weighted by Gasteiger charge is -2.38. The van der Waals surface area contributed by atoms with E-state index < -0.39 is 23.5 Å². The predicted molar refractivity (Wildman–Crippen MR) is 125 cm³/mol. The normalized spacial score (nSPS) is 25.8. The number of methoxy groups -OCH3 is 1. The Hall–Kier alpha value is -3.27. The lowest BCUT2D eigenvalue weighted by molar-refractivity contribution is -0.113. The topological polar surface area (TPSA) is 58.6 Å². The summed E-state index contributed by atoms with van der Waals surface area (Å²) in [4.78, 5) is 14.2. The molecular weight excluding hydrogens is 442 g/mol. The van der Waals surface area contributed by atoms with Crippen molar-refractivity contribution >= 4 is 18.0 Å². The molecule has 2 aromatic carbocycles. The van der Waals surface area contributed by atoms with E-state index in [1.807, 2.05) is 48.5 Å². The molecule has 2 unspecified atom stereocenters. The fourth-order valence-corrected chi connectivity index (χ4v) is 4.57. The number of ether oxygens (including phenoxy) is 2. The highest BCUT2D eigenvalue weighted by Gasteiger charge is 2.50. The molecule has 0 aromatic heterocycles. The van der Waals surface area contributed by atoms with E-state index in [9.17, 15) is 8.78 Å². The number of fused-ring (bicyclic) bond motifs is 1. The quantitative estimate of drug-likeness (QED) is 0.728. The van der Waals surface area contributed by atoms with Gasteiger partial charge in [0.15, 0.2) is 5.72 Å². The molecule has 0 spiro atoms. The predicted octanol–water partition coefficient (Wildman–Crippen LogP) is 4.13. The van der Waals surface area contributed by atoms with Crippen LogP contribution in [0.15, 0.2) is 59.0 Å². The Morgan fingerprint density at radius 3 is 2.85 bits per heavy atom. The van der Waals surface area contributed by atoms with E-state index in [0.717, 1.165) is 28.8 Å². The molecular formula is C25H26F2N4O3. The highest BCUT2D eigenvalue weighted by Crippen LogP contribution is 2.40. The van der Waals surface area contributed by atoms with Crippen molar-refractivity contribution in [2.45, 2.75) is 25.7 Å². The van der Waals surface area contributed by atoms with Crippen molar-refractivity contribution in [1.82, 2.24) is 10.4 Å². The second-order valence-corrected chi connectivity index (χ2v) is 8.48. The van der Waals surface area contributed by atoms with E-state index in [1.165, 1.54) is 12.1 Å². The smallest absolute Gasteiger partial charge is 0.170 e. The van der Waals surface area contributed by atoms with Crippen LogP contribution in [-0.2, 0) is 15.3 Å². The minimum Gasteiger partial charge on any atom is -0.495 e. The Kier molecular flexibility index (Phi) is 5.85. The molecule has 7 nitrogen and oxygen atoms in total. The molecule has 34 heavy (non-hydrogen) atoms. The Bertz CT molecular complexity index is 1200. The summed E-state index contributed by atoms with van der Waals surface area (Å²) in [6.45, 7) is 5.27. The van der Waals surface area contributed by atoms with Crippen molar-refractivity contribution in [2.24, 2.45) is 4.99 Å². The minimum absolute atomic E-state index is 0.254. The summed E-state index contributed by atoms with van der Waals surface area (Å²) in [5.74, 6) is 0.0625. The van der Waals surface area contributed by atoms with Crippen LogP contribution in [0.25, 0.3) is 6.08 Å². The number of rotatable bonds is 4. The molecule has 0 radical (unpaired) electrons. The molecule has 3 heterocycles. The maximum Gasteiger partial charge on any atom is 0.170 e. The molecule has 2 aromatic rings. The molecule has 178 valence electrons. The van der Waals surface area contributed by atoms with E-state index in [4.69, 9.17) is 14.3 Å². The number of anilines is 1. The molecule has 2 saturated heterocycles. The number of hydrogen-bond donors (Lipinski definition) is 1. The van der Waals surface area contributed by atoms with Crippen molar-refractivity contribution in [2.75, 3.05) is 31.7 Å². The van der Waals surface area contributed by atoms with Crippen LogP contribution in [0, 0.1) is 11.6 Å². The molecule has 0 aliphatic carbocycles. The number of allylic oxidation sites excluding steroid dienone is 1. The zero-order valence-electron chi connectivity index (χ0n) is 19.2. The van der Waals surface area contributed by atoms with Gasteiger partial charge >= 0.3 is 0 Å². The second kappa shape index (κ2) is 8.83. The van der Waals surface area contributed by atoms with Gasteiger partial charge < -0.3 is 14.4 Å². The van der Waals surface area contributed by atoms with Crippen molar-refractivity contribution in [3.05, 3.63) is 76.8 Å². The van der Waals surface area contributed by atoms with Gasteiger partial charge in [0.05, 0.1) is 25.0 Å². The lowest BCUT2D eigenvalue weighted by Crippen LogP contribution is -2.50. The zero-order chi connectivity index (χ0) is 23.9. The first-order valence-electron chi connectivity index (χ1n) is 11.0. The van der Waals surface area contributed by atoms with Crippen LogP contribution < -0.4 is 15.1 Å². The maximum absolute atomic E-state index is 14.6. The third-order valence-corrected chi connectivity index (χ3v) is 6.27. The molecule has 2 atom stereocenters. The van der Waals surface area contributed by atoms with E-state index in [-0.39, 0.29) is 5.56 Å². The van der Waals surface area contributed by atoms with Crippen molar-refractivity contribution in [1.29, 1.82) is 0 Å². The van der Waals surface area contributed by atoms with Crippen LogP contribution in [-0.4, -0.2) is 44.1 Å². The lowest BCUT2D eigenvalue weighted by atomic mass is 10.0. The number of halogens is 2. The van der Waals surface area contributed by atoms with E-state index in [2.05, 4.69) is 15.4 Å². The highest BCUT2D eigenvalue weighted by atomic mass is 19.1. The van der Waals surface area contributed by atoms with Gasteiger partial charge in [0, 0.05) is 30.6 Å². The van der Waals surface area contributed by atoms with Crippen molar-refractivity contribution in [3.8, 4) is 5.75 Å². The van der Waals surface area contributed by atoms with E-state index in [0.29, 0.717) is 25.5 Å². The summed E-state index contributed by atoms with van der Waals surface area (Å²) in [6, 6.07) is 9.43. The number of hydroxylamine groups is 1. The summed E-state index contributed by atoms with van der Waals surface area (Å²) < 4.78 is 39.7. The largest absolute Gasteiger partial charge is 0.495 e. The monoisotopic (exact) mass is 468 g/mol. The summed E-state index contributed by atoms with van der Waals surface area (Å²) in [5.41, 5.74) is 4.84. The number of benzene rings is 2. The van der Waals surface area contributed by atoms with Gasteiger partial charge in [0.1, 0.15) is 35.9 Å². The first-order chi connectivity index (χ1) is 16.4.